The molecular formula is C7H14O7. The summed E-state index contributed by atoms with van der Waals surface area (Å²) in [5, 5.41) is 53.2. The molecule has 0 aliphatic rings. The summed E-state index contributed by atoms with van der Waals surface area (Å²) in [6.07, 6.45) is -9.21. The first-order valence-corrected chi connectivity index (χ1v) is 3.92. The molecule has 0 heterocycles. The summed E-state index contributed by atoms with van der Waals surface area (Å²) in [5.41, 5.74) is 0. The predicted octanol–water partition coefficient (Wildman–Crippen LogP) is -4.02. The molecule has 0 amide bonds. The number of carbonyl (C=O) groups excluding carboxylic acids is 1. The molecule has 0 spiro atoms. The number of rotatable bonds is 6. The molecule has 0 fully saturated rings. The average molecular weight is 210 g/mol. The molecule has 0 rings (SSSR count). The van der Waals surface area contributed by atoms with Crippen molar-refractivity contribution in [1.29, 1.82) is 0 Å². The molecule has 0 unspecified atom stereocenters. The van der Waals surface area contributed by atoms with Gasteiger partial charge in [-0.1, -0.05) is 0 Å². The highest BCUT2D eigenvalue weighted by atomic mass is 16.4. The largest absolute Gasteiger partial charge is 0.394 e. The van der Waals surface area contributed by atoms with Gasteiger partial charge in [-0.15, -0.1) is 0 Å². The summed E-state index contributed by atoms with van der Waals surface area (Å²) in [5.74, 6) is 0. The van der Waals surface area contributed by atoms with Crippen molar-refractivity contribution in [1.82, 2.24) is 0 Å². The van der Waals surface area contributed by atoms with Gasteiger partial charge in [0, 0.05) is 0 Å². The van der Waals surface area contributed by atoms with Crippen LogP contribution < -0.4 is 0 Å². The zero-order chi connectivity index (χ0) is 11.3. The fourth-order valence-electron chi connectivity index (χ4n) is 0.820. The maximum absolute atomic E-state index is 10.00. The molecule has 5 atom stereocenters. The molecule has 84 valence electrons. The quantitative estimate of drug-likeness (QED) is 0.245. The van der Waals surface area contributed by atoms with E-state index in [0.717, 1.165) is 0 Å². The SMILES string of the molecule is O=C[C@@H](O)[C@H](O)[C@@H](O)[C@@H](O)[C@H](O)CO. The van der Waals surface area contributed by atoms with Crippen molar-refractivity contribution in [2.45, 2.75) is 30.5 Å². The summed E-state index contributed by atoms with van der Waals surface area (Å²) < 4.78 is 0. The van der Waals surface area contributed by atoms with Crippen LogP contribution in [0.25, 0.3) is 0 Å². The molecule has 0 radical (unpaired) electrons. The third-order valence-corrected chi connectivity index (χ3v) is 1.77. The molecule has 7 heteroatoms. The lowest BCUT2D eigenvalue weighted by Gasteiger charge is -2.26. The summed E-state index contributed by atoms with van der Waals surface area (Å²) in [7, 11) is 0. The molecule has 0 aliphatic heterocycles. The number of aliphatic hydroxyl groups excluding tert-OH is 6. The highest BCUT2D eigenvalue weighted by Crippen LogP contribution is 2.07. The van der Waals surface area contributed by atoms with Gasteiger partial charge in [-0.2, -0.15) is 0 Å². The minimum absolute atomic E-state index is 0.0219. The second-order valence-corrected chi connectivity index (χ2v) is 2.85. The van der Waals surface area contributed by atoms with Gasteiger partial charge in [-0.25, -0.2) is 0 Å². The van der Waals surface area contributed by atoms with Crippen LogP contribution in [0.4, 0.5) is 0 Å². The van der Waals surface area contributed by atoms with Crippen LogP contribution in [0.15, 0.2) is 0 Å². The summed E-state index contributed by atoms with van der Waals surface area (Å²) in [4.78, 5) is 10.00. The van der Waals surface area contributed by atoms with Gasteiger partial charge in [-0.05, 0) is 0 Å². The fourth-order valence-corrected chi connectivity index (χ4v) is 0.820. The molecule has 6 N–H and O–H groups in total. The molecule has 14 heavy (non-hydrogen) atoms. The monoisotopic (exact) mass is 210 g/mol. The Labute approximate surface area is 79.9 Å². The van der Waals surface area contributed by atoms with E-state index >= 15 is 0 Å². The highest BCUT2D eigenvalue weighted by Gasteiger charge is 2.33. The molecule has 0 bridgehead atoms. The maximum atomic E-state index is 10.00. The number of hydrogen-bond acceptors (Lipinski definition) is 7. The Morgan fingerprint density at radius 3 is 1.79 bits per heavy atom. The number of hydrogen-bond donors (Lipinski definition) is 6. The second kappa shape index (κ2) is 6.02. The molecule has 0 aromatic rings. The van der Waals surface area contributed by atoms with Gasteiger partial charge in [-0.3, -0.25) is 0 Å². The topological polar surface area (TPSA) is 138 Å². The normalized spacial score (nSPS) is 22.1. The lowest BCUT2D eigenvalue weighted by Crippen LogP contribution is -2.50. The second-order valence-electron chi connectivity index (χ2n) is 2.85. The van der Waals surface area contributed by atoms with Gasteiger partial charge in [0.2, 0.25) is 0 Å². The first-order valence-electron chi connectivity index (χ1n) is 3.92. The van der Waals surface area contributed by atoms with Crippen molar-refractivity contribution in [3.05, 3.63) is 0 Å². The molecular weight excluding hydrogens is 196 g/mol. The van der Waals surface area contributed by atoms with Crippen molar-refractivity contribution >= 4 is 6.29 Å². The number of aldehydes is 1. The van der Waals surface area contributed by atoms with Crippen molar-refractivity contribution in [3.63, 3.8) is 0 Å². The van der Waals surface area contributed by atoms with E-state index in [1.165, 1.54) is 0 Å². The minimum Gasteiger partial charge on any atom is -0.394 e. The van der Waals surface area contributed by atoms with Crippen LogP contribution in [0.3, 0.4) is 0 Å². The van der Waals surface area contributed by atoms with Crippen LogP contribution in [0, 0.1) is 0 Å². The summed E-state index contributed by atoms with van der Waals surface area (Å²) in [6.45, 7) is -0.817. The van der Waals surface area contributed by atoms with E-state index in [2.05, 4.69) is 0 Å². The maximum Gasteiger partial charge on any atom is 0.151 e. The van der Waals surface area contributed by atoms with E-state index in [1.807, 2.05) is 0 Å². The lowest BCUT2D eigenvalue weighted by atomic mass is 10.0. The van der Waals surface area contributed by atoms with E-state index in [4.69, 9.17) is 30.6 Å². The first-order chi connectivity index (χ1) is 6.45. The Morgan fingerprint density at radius 1 is 0.929 bits per heavy atom. The van der Waals surface area contributed by atoms with Crippen LogP contribution in [-0.2, 0) is 4.79 Å². The first kappa shape index (κ1) is 13.4. The van der Waals surface area contributed by atoms with Crippen molar-refractivity contribution in [3.8, 4) is 0 Å². The minimum atomic E-state index is -1.92. The standard InChI is InChI=1S/C7H14O7/c8-1-3(10)5(12)7(14)6(13)4(11)2-9/h1,3-7,9-14H,2H2/t3-,4-,5+,6+,7-/m1/s1. The molecule has 7 nitrogen and oxygen atoms in total. The Balaban J connectivity index is 4.29. The van der Waals surface area contributed by atoms with Gasteiger partial charge < -0.3 is 35.4 Å². The van der Waals surface area contributed by atoms with Gasteiger partial charge in [0.15, 0.2) is 6.29 Å². The molecule has 0 aliphatic carbocycles. The smallest absolute Gasteiger partial charge is 0.151 e. The molecule has 0 saturated heterocycles. The fraction of sp³-hybridized carbons (Fsp3) is 0.857. The van der Waals surface area contributed by atoms with Gasteiger partial charge in [0.05, 0.1) is 6.61 Å². The Bertz CT molecular complexity index is 173. The highest BCUT2D eigenvalue weighted by molar-refractivity contribution is 5.56. The van der Waals surface area contributed by atoms with E-state index in [9.17, 15) is 4.79 Å². The number of aliphatic hydroxyl groups is 6. The Kier molecular flexibility index (Phi) is 5.77. The number of carbonyl (C=O) groups is 1. The van der Waals surface area contributed by atoms with E-state index in [1.54, 1.807) is 0 Å². The zero-order valence-corrected chi connectivity index (χ0v) is 7.26. The van der Waals surface area contributed by atoms with E-state index < -0.39 is 37.1 Å². The van der Waals surface area contributed by atoms with Crippen molar-refractivity contribution in [2.24, 2.45) is 0 Å². The molecule has 0 aromatic carbocycles. The third kappa shape index (κ3) is 3.29. The molecule has 0 saturated carbocycles. The summed E-state index contributed by atoms with van der Waals surface area (Å²) >= 11 is 0. The predicted molar refractivity (Wildman–Crippen MR) is 43.2 cm³/mol. The average Bonchev–Trinajstić information content (AvgIpc) is 2.23. The van der Waals surface area contributed by atoms with Crippen LogP contribution in [0.1, 0.15) is 0 Å². The van der Waals surface area contributed by atoms with Gasteiger partial charge in [0.1, 0.15) is 30.5 Å². The van der Waals surface area contributed by atoms with Gasteiger partial charge >= 0.3 is 0 Å². The van der Waals surface area contributed by atoms with E-state index in [-0.39, 0.29) is 6.29 Å². The van der Waals surface area contributed by atoms with Crippen molar-refractivity contribution < 1.29 is 35.4 Å². The van der Waals surface area contributed by atoms with Crippen LogP contribution in [-0.4, -0.2) is 74.1 Å². The molecule has 0 aromatic heterocycles. The van der Waals surface area contributed by atoms with Crippen molar-refractivity contribution in [2.75, 3.05) is 6.61 Å². The van der Waals surface area contributed by atoms with Crippen LogP contribution >= 0.6 is 0 Å². The zero-order valence-electron chi connectivity index (χ0n) is 7.26. The Hall–Kier alpha value is -0.570. The third-order valence-electron chi connectivity index (χ3n) is 1.77. The van der Waals surface area contributed by atoms with Gasteiger partial charge in [0.25, 0.3) is 0 Å². The van der Waals surface area contributed by atoms with Crippen LogP contribution in [0.2, 0.25) is 0 Å². The lowest BCUT2D eigenvalue weighted by molar-refractivity contribution is -0.147. The van der Waals surface area contributed by atoms with E-state index in [0.29, 0.717) is 0 Å². The summed E-state index contributed by atoms with van der Waals surface area (Å²) in [6, 6.07) is 0. The van der Waals surface area contributed by atoms with Crippen LogP contribution in [0.5, 0.6) is 0 Å². The Morgan fingerprint density at radius 2 is 1.43 bits per heavy atom.